The second kappa shape index (κ2) is 4.37. The zero-order valence-electron chi connectivity index (χ0n) is 8.48. The highest BCUT2D eigenvalue weighted by atomic mass is 32.1. The van der Waals surface area contributed by atoms with Gasteiger partial charge in [0, 0.05) is 5.38 Å². The molecule has 0 aromatic carbocycles. The summed E-state index contributed by atoms with van der Waals surface area (Å²) in [6.07, 6.45) is 4.42. The van der Waals surface area contributed by atoms with Crippen LogP contribution in [0.3, 0.4) is 0 Å². The fourth-order valence-corrected chi connectivity index (χ4v) is 2.46. The molecule has 82 valence electrons. The van der Waals surface area contributed by atoms with Crippen LogP contribution in [-0.2, 0) is 11.2 Å². The molecule has 1 saturated carbocycles. The van der Waals surface area contributed by atoms with Crippen LogP contribution in [0.4, 0.5) is 0 Å². The van der Waals surface area contributed by atoms with Crippen LogP contribution in [0.25, 0.3) is 0 Å². The van der Waals surface area contributed by atoms with Crippen molar-refractivity contribution in [3.05, 3.63) is 11.1 Å². The van der Waals surface area contributed by atoms with Gasteiger partial charge in [-0.25, -0.2) is 0 Å². The smallest absolute Gasteiger partial charge is 0.170 e. The van der Waals surface area contributed by atoms with Crippen molar-refractivity contribution in [1.29, 1.82) is 0 Å². The van der Waals surface area contributed by atoms with Crippen LogP contribution in [0.15, 0.2) is 5.38 Å². The minimum atomic E-state index is -1.10. The Morgan fingerprint density at radius 2 is 2.20 bits per heavy atom. The average Bonchev–Trinajstić information content (AvgIpc) is 2.71. The number of nitrogens with zero attached hydrogens (tertiary/aromatic N) is 2. The number of carbonyl (C=O) groups is 1. The van der Waals surface area contributed by atoms with Crippen molar-refractivity contribution in [3.63, 3.8) is 0 Å². The van der Waals surface area contributed by atoms with Crippen LogP contribution >= 0.6 is 11.5 Å². The van der Waals surface area contributed by atoms with Crippen molar-refractivity contribution in [2.75, 3.05) is 0 Å². The standard InChI is InChI=1S/C10H14N2O2S/c13-9(6-8-7-15-12-11-8)10(14)4-2-1-3-5-10/h7,14H,1-6H2. The van der Waals surface area contributed by atoms with E-state index in [1.807, 2.05) is 0 Å². The van der Waals surface area contributed by atoms with Gasteiger partial charge in [0.25, 0.3) is 0 Å². The van der Waals surface area contributed by atoms with Gasteiger partial charge in [-0.15, -0.1) is 5.10 Å². The Morgan fingerprint density at radius 1 is 1.47 bits per heavy atom. The fraction of sp³-hybridized carbons (Fsp3) is 0.700. The Morgan fingerprint density at radius 3 is 2.80 bits per heavy atom. The van der Waals surface area contributed by atoms with Crippen LogP contribution in [0.2, 0.25) is 0 Å². The highest BCUT2D eigenvalue weighted by molar-refractivity contribution is 7.03. The van der Waals surface area contributed by atoms with E-state index in [4.69, 9.17) is 0 Å². The molecule has 1 aromatic rings. The van der Waals surface area contributed by atoms with Gasteiger partial charge >= 0.3 is 0 Å². The summed E-state index contributed by atoms with van der Waals surface area (Å²) in [6, 6.07) is 0. The molecule has 4 nitrogen and oxygen atoms in total. The molecular weight excluding hydrogens is 212 g/mol. The van der Waals surface area contributed by atoms with E-state index >= 15 is 0 Å². The number of aliphatic hydroxyl groups is 1. The maximum atomic E-state index is 11.9. The van der Waals surface area contributed by atoms with Gasteiger partial charge < -0.3 is 5.11 Å². The van der Waals surface area contributed by atoms with Gasteiger partial charge in [-0.1, -0.05) is 23.8 Å². The molecule has 1 aliphatic carbocycles. The monoisotopic (exact) mass is 226 g/mol. The maximum Gasteiger partial charge on any atom is 0.170 e. The number of aromatic nitrogens is 2. The summed E-state index contributed by atoms with van der Waals surface area (Å²) in [4.78, 5) is 11.9. The van der Waals surface area contributed by atoms with E-state index in [-0.39, 0.29) is 12.2 Å². The lowest BCUT2D eigenvalue weighted by atomic mass is 9.80. The molecule has 1 aromatic heterocycles. The summed E-state index contributed by atoms with van der Waals surface area (Å²) in [5.74, 6) is -0.102. The molecule has 0 radical (unpaired) electrons. The highest BCUT2D eigenvalue weighted by Crippen LogP contribution is 2.29. The lowest BCUT2D eigenvalue weighted by molar-refractivity contribution is -0.139. The van der Waals surface area contributed by atoms with Gasteiger partial charge in [0.15, 0.2) is 5.78 Å². The van der Waals surface area contributed by atoms with Crippen molar-refractivity contribution >= 4 is 17.3 Å². The van der Waals surface area contributed by atoms with Crippen molar-refractivity contribution < 1.29 is 9.90 Å². The predicted octanol–water partition coefficient (Wildman–Crippen LogP) is 1.34. The quantitative estimate of drug-likeness (QED) is 0.845. The van der Waals surface area contributed by atoms with Crippen LogP contribution < -0.4 is 0 Å². The van der Waals surface area contributed by atoms with E-state index in [9.17, 15) is 9.90 Å². The van der Waals surface area contributed by atoms with Crippen LogP contribution in [0.1, 0.15) is 37.8 Å². The molecule has 0 bridgehead atoms. The zero-order valence-corrected chi connectivity index (χ0v) is 9.29. The van der Waals surface area contributed by atoms with Gasteiger partial charge in [-0.3, -0.25) is 4.79 Å². The molecule has 0 spiro atoms. The van der Waals surface area contributed by atoms with E-state index < -0.39 is 5.60 Å². The molecule has 0 unspecified atom stereocenters. The van der Waals surface area contributed by atoms with E-state index in [2.05, 4.69) is 9.59 Å². The zero-order chi connectivity index (χ0) is 10.7. The summed E-state index contributed by atoms with van der Waals surface area (Å²) >= 11 is 1.23. The first-order valence-corrected chi connectivity index (χ1v) is 6.06. The Bertz CT molecular complexity index is 331. The molecule has 0 atom stereocenters. The third kappa shape index (κ3) is 2.41. The average molecular weight is 226 g/mol. The summed E-state index contributed by atoms with van der Waals surface area (Å²) in [5.41, 5.74) is -0.425. The van der Waals surface area contributed by atoms with Crippen molar-refractivity contribution in [2.45, 2.75) is 44.1 Å². The van der Waals surface area contributed by atoms with E-state index in [1.165, 1.54) is 11.5 Å². The number of hydrogen-bond donors (Lipinski definition) is 1. The summed E-state index contributed by atoms with van der Waals surface area (Å²) in [5, 5.41) is 15.7. The minimum absolute atomic E-state index is 0.102. The van der Waals surface area contributed by atoms with Crippen molar-refractivity contribution in [1.82, 2.24) is 9.59 Å². The predicted molar refractivity (Wildman–Crippen MR) is 56.7 cm³/mol. The van der Waals surface area contributed by atoms with Gasteiger partial charge in [0.1, 0.15) is 5.60 Å². The van der Waals surface area contributed by atoms with E-state index in [1.54, 1.807) is 5.38 Å². The number of Topliss-reactive ketones (excluding diaryl/α,β-unsaturated/α-hetero) is 1. The van der Waals surface area contributed by atoms with Crippen LogP contribution in [-0.4, -0.2) is 26.1 Å². The first-order chi connectivity index (χ1) is 7.21. The largest absolute Gasteiger partial charge is 0.382 e. The number of rotatable bonds is 3. The first-order valence-electron chi connectivity index (χ1n) is 5.22. The number of ketones is 1. The Balaban J connectivity index is 2.00. The molecule has 0 amide bonds. The normalized spacial score (nSPS) is 20.1. The molecule has 1 aliphatic rings. The molecule has 1 N–H and O–H groups in total. The molecule has 0 aliphatic heterocycles. The summed E-state index contributed by atoms with van der Waals surface area (Å²) in [7, 11) is 0. The molecule has 0 saturated heterocycles. The molecule has 2 rings (SSSR count). The Kier molecular flexibility index (Phi) is 3.11. The van der Waals surface area contributed by atoms with Gasteiger partial charge in [0.05, 0.1) is 12.1 Å². The lowest BCUT2D eigenvalue weighted by Crippen LogP contribution is -2.41. The van der Waals surface area contributed by atoms with Crippen LogP contribution in [0.5, 0.6) is 0 Å². The second-order valence-corrected chi connectivity index (χ2v) is 4.70. The number of hydrogen-bond acceptors (Lipinski definition) is 5. The van der Waals surface area contributed by atoms with E-state index in [0.717, 1.165) is 19.3 Å². The molecule has 1 fully saturated rings. The topological polar surface area (TPSA) is 63.1 Å². The highest BCUT2D eigenvalue weighted by Gasteiger charge is 2.36. The molecule has 1 heterocycles. The minimum Gasteiger partial charge on any atom is -0.382 e. The van der Waals surface area contributed by atoms with E-state index in [0.29, 0.717) is 18.5 Å². The Hall–Kier alpha value is -0.810. The Labute approximate surface area is 92.5 Å². The van der Waals surface area contributed by atoms with Gasteiger partial charge in [0.2, 0.25) is 0 Å². The lowest BCUT2D eigenvalue weighted by Gasteiger charge is -2.30. The summed E-state index contributed by atoms with van der Waals surface area (Å²) < 4.78 is 3.70. The van der Waals surface area contributed by atoms with Gasteiger partial charge in [-0.2, -0.15) is 0 Å². The summed E-state index contributed by atoms with van der Waals surface area (Å²) in [6.45, 7) is 0. The second-order valence-electron chi connectivity index (χ2n) is 4.09. The fourth-order valence-electron chi connectivity index (χ4n) is 2.01. The van der Waals surface area contributed by atoms with Crippen molar-refractivity contribution in [3.8, 4) is 0 Å². The third-order valence-corrected chi connectivity index (χ3v) is 3.50. The SMILES string of the molecule is O=C(Cc1csnn1)C1(O)CCCCC1. The number of carbonyl (C=O) groups excluding carboxylic acids is 1. The molecule has 15 heavy (non-hydrogen) atoms. The van der Waals surface area contributed by atoms with Crippen molar-refractivity contribution in [2.24, 2.45) is 0 Å². The van der Waals surface area contributed by atoms with Crippen LogP contribution in [0, 0.1) is 0 Å². The molecular formula is C10H14N2O2S. The van der Waals surface area contributed by atoms with Gasteiger partial charge in [-0.05, 0) is 24.4 Å². The third-order valence-electron chi connectivity index (χ3n) is 2.95. The maximum absolute atomic E-state index is 11.9. The first kappa shape index (κ1) is 10.7. The molecule has 5 heteroatoms.